The molecule has 8 heteroatoms. The van der Waals surface area contributed by atoms with Crippen molar-refractivity contribution in [2.75, 3.05) is 11.4 Å². The third-order valence-corrected chi connectivity index (χ3v) is 3.63. The van der Waals surface area contributed by atoms with Gasteiger partial charge in [-0.15, -0.1) is 0 Å². The lowest BCUT2D eigenvalue weighted by Gasteiger charge is -2.25. The monoisotopic (exact) mass is 336 g/mol. The molecule has 0 aliphatic carbocycles. The average molecular weight is 337 g/mol. The lowest BCUT2D eigenvalue weighted by Crippen LogP contribution is -2.51. The first-order chi connectivity index (χ1) is 9.58. The van der Waals surface area contributed by atoms with Gasteiger partial charge in [0.1, 0.15) is 5.69 Å². The molecule has 0 aromatic carbocycles. The quantitative estimate of drug-likeness (QED) is 0.838. The van der Waals surface area contributed by atoms with Crippen LogP contribution in [0.15, 0.2) is 33.8 Å². The maximum Gasteiger partial charge on any atom is 0.328 e. The highest BCUT2D eigenvalue weighted by atomic mass is 79.9. The molecule has 0 atom stereocenters. The smallest absolute Gasteiger partial charge is 0.287 e. The Balaban J connectivity index is 2.14. The van der Waals surface area contributed by atoms with Gasteiger partial charge in [0.05, 0.1) is 10.7 Å². The van der Waals surface area contributed by atoms with Crippen LogP contribution < -0.4 is 15.8 Å². The highest BCUT2D eigenvalue weighted by molar-refractivity contribution is 9.10. The molecule has 3 amide bonds. The van der Waals surface area contributed by atoms with Crippen molar-refractivity contribution in [3.63, 3.8) is 0 Å². The number of imide groups is 1. The fourth-order valence-electron chi connectivity index (χ4n) is 2.04. The lowest BCUT2D eigenvalue weighted by molar-refractivity contribution is -0.120. The zero-order valence-electron chi connectivity index (χ0n) is 10.2. The van der Waals surface area contributed by atoms with Crippen molar-refractivity contribution < 1.29 is 9.59 Å². The standard InChI is InChI=1S/C12H9BrN4O3/c13-7-2-1-4-17-10(7)14-6-8(11(17)19)16-5-3-9(18)15-12(16)20/h1-2,4,6H,3,5H2,(H,15,18,20). The molecule has 20 heavy (non-hydrogen) atoms. The minimum Gasteiger partial charge on any atom is -0.287 e. The van der Waals surface area contributed by atoms with Crippen LogP contribution in [0.5, 0.6) is 0 Å². The molecule has 0 spiro atoms. The summed E-state index contributed by atoms with van der Waals surface area (Å²) in [5.74, 6) is -0.345. The van der Waals surface area contributed by atoms with Gasteiger partial charge in [-0.2, -0.15) is 0 Å². The van der Waals surface area contributed by atoms with Gasteiger partial charge < -0.3 is 0 Å². The molecule has 7 nitrogen and oxygen atoms in total. The van der Waals surface area contributed by atoms with Crippen molar-refractivity contribution in [1.82, 2.24) is 14.7 Å². The summed E-state index contributed by atoms with van der Waals surface area (Å²) in [6, 6.07) is 2.87. The van der Waals surface area contributed by atoms with Crippen LogP contribution in [0.1, 0.15) is 6.42 Å². The molecule has 0 radical (unpaired) electrons. The SMILES string of the molecule is O=C1CCN(c2cnc3c(Br)cccn3c2=O)C(=O)N1. The van der Waals surface area contributed by atoms with Gasteiger partial charge in [-0.3, -0.25) is 24.2 Å². The van der Waals surface area contributed by atoms with Crippen LogP contribution in [0.3, 0.4) is 0 Å². The number of amides is 3. The van der Waals surface area contributed by atoms with Gasteiger partial charge in [0.25, 0.3) is 5.56 Å². The summed E-state index contributed by atoms with van der Waals surface area (Å²) < 4.78 is 2.03. The number of aromatic nitrogens is 2. The number of anilines is 1. The van der Waals surface area contributed by atoms with Crippen LogP contribution in [-0.2, 0) is 4.79 Å². The number of carbonyl (C=O) groups excluding carboxylic acids is 2. The maximum atomic E-state index is 12.4. The fraction of sp³-hybridized carbons (Fsp3) is 0.167. The van der Waals surface area contributed by atoms with Crippen LogP contribution in [0.25, 0.3) is 5.65 Å². The van der Waals surface area contributed by atoms with Gasteiger partial charge in [-0.25, -0.2) is 9.78 Å². The average Bonchev–Trinajstić information content (AvgIpc) is 2.41. The molecule has 2 aromatic rings. The van der Waals surface area contributed by atoms with Gasteiger partial charge in [-0.1, -0.05) is 0 Å². The Labute approximate surface area is 121 Å². The van der Waals surface area contributed by atoms with Gasteiger partial charge >= 0.3 is 6.03 Å². The number of pyridine rings is 1. The number of nitrogens with one attached hydrogen (secondary N) is 1. The van der Waals surface area contributed by atoms with Crippen molar-refractivity contribution in [2.45, 2.75) is 6.42 Å². The second-order valence-corrected chi connectivity index (χ2v) is 5.11. The van der Waals surface area contributed by atoms with Crippen molar-refractivity contribution in [2.24, 2.45) is 0 Å². The van der Waals surface area contributed by atoms with Gasteiger partial charge in [0, 0.05) is 19.2 Å². The molecule has 0 saturated carbocycles. The number of fused-ring (bicyclic) bond motifs is 1. The lowest BCUT2D eigenvalue weighted by atomic mass is 10.3. The van der Waals surface area contributed by atoms with E-state index < -0.39 is 6.03 Å². The predicted molar refractivity (Wildman–Crippen MR) is 74.7 cm³/mol. The molecule has 1 aliphatic rings. The molecule has 3 heterocycles. The van der Waals surface area contributed by atoms with Crippen molar-refractivity contribution >= 4 is 39.2 Å². The van der Waals surface area contributed by atoms with Crippen LogP contribution in [0, 0.1) is 0 Å². The van der Waals surface area contributed by atoms with E-state index in [0.29, 0.717) is 10.1 Å². The van der Waals surface area contributed by atoms with E-state index in [1.165, 1.54) is 15.5 Å². The third-order valence-electron chi connectivity index (χ3n) is 3.01. The number of carbonyl (C=O) groups is 2. The van der Waals surface area contributed by atoms with E-state index in [2.05, 4.69) is 26.2 Å². The van der Waals surface area contributed by atoms with Gasteiger partial charge in [0.2, 0.25) is 5.91 Å². The Morgan fingerprint density at radius 3 is 2.85 bits per heavy atom. The van der Waals surface area contributed by atoms with E-state index in [9.17, 15) is 14.4 Å². The van der Waals surface area contributed by atoms with E-state index in [1.54, 1.807) is 18.3 Å². The van der Waals surface area contributed by atoms with Crippen molar-refractivity contribution in [3.05, 3.63) is 39.4 Å². The zero-order chi connectivity index (χ0) is 14.3. The van der Waals surface area contributed by atoms with Gasteiger partial charge in [0.15, 0.2) is 5.65 Å². The van der Waals surface area contributed by atoms with Crippen molar-refractivity contribution in [1.29, 1.82) is 0 Å². The van der Waals surface area contributed by atoms with E-state index in [4.69, 9.17) is 0 Å². The van der Waals surface area contributed by atoms with Crippen LogP contribution in [0.2, 0.25) is 0 Å². The van der Waals surface area contributed by atoms with E-state index in [-0.39, 0.29) is 30.1 Å². The molecule has 0 unspecified atom stereocenters. The minimum absolute atomic E-state index is 0.144. The Hall–Kier alpha value is -2.22. The maximum absolute atomic E-state index is 12.4. The molecule has 0 bridgehead atoms. The third kappa shape index (κ3) is 1.97. The molecule has 1 aliphatic heterocycles. The number of urea groups is 1. The first kappa shape index (κ1) is 12.8. The normalized spacial score (nSPS) is 15.6. The van der Waals surface area contributed by atoms with Gasteiger partial charge in [-0.05, 0) is 28.1 Å². The number of rotatable bonds is 1. The molecule has 1 saturated heterocycles. The molecule has 2 aromatic heterocycles. The first-order valence-corrected chi connectivity index (χ1v) is 6.64. The fourth-order valence-corrected chi connectivity index (χ4v) is 2.49. The molecule has 1 fully saturated rings. The van der Waals surface area contributed by atoms with Crippen LogP contribution in [-0.4, -0.2) is 27.9 Å². The summed E-state index contributed by atoms with van der Waals surface area (Å²) in [6.07, 6.45) is 3.08. The highest BCUT2D eigenvalue weighted by Crippen LogP contribution is 2.17. The summed E-state index contributed by atoms with van der Waals surface area (Å²) in [5.41, 5.74) is 0.251. The van der Waals surface area contributed by atoms with E-state index >= 15 is 0 Å². The summed E-state index contributed by atoms with van der Waals surface area (Å²) in [5, 5.41) is 2.18. The predicted octanol–water partition coefficient (Wildman–Crippen LogP) is 0.903. The largest absolute Gasteiger partial charge is 0.328 e. The number of hydrogen-bond acceptors (Lipinski definition) is 4. The number of nitrogens with zero attached hydrogens (tertiary/aromatic N) is 3. The first-order valence-electron chi connectivity index (χ1n) is 5.85. The highest BCUT2D eigenvalue weighted by Gasteiger charge is 2.26. The topological polar surface area (TPSA) is 83.8 Å². The molecule has 1 N–H and O–H groups in total. The summed E-state index contributed by atoms with van der Waals surface area (Å²) in [4.78, 5) is 40.7. The Morgan fingerprint density at radius 1 is 1.30 bits per heavy atom. The summed E-state index contributed by atoms with van der Waals surface area (Å²) >= 11 is 3.31. The Kier molecular flexibility index (Phi) is 3.01. The Morgan fingerprint density at radius 2 is 2.10 bits per heavy atom. The van der Waals surface area contributed by atoms with Crippen LogP contribution in [0.4, 0.5) is 10.5 Å². The second-order valence-electron chi connectivity index (χ2n) is 4.25. The molecule has 3 rings (SSSR count). The number of hydrogen-bond donors (Lipinski definition) is 1. The molecular formula is C12H9BrN4O3. The number of halogens is 1. The van der Waals surface area contributed by atoms with Crippen molar-refractivity contribution in [3.8, 4) is 0 Å². The summed E-state index contributed by atoms with van der Waals surface area (Å²) in [7, 11) is 0. The molecule has 102 valence electrons. The van der Waals surface area contributed by atoms with E-state index in [0.717, 1.165) is 0 Å². The minimum atomic E-state index is -0.602. The van der Waals surface area contributed by atoms with Crippen LogP contribution >= 0.6 is 15.9 Å². The van der Waals surface area contributed by atoms with E-state index in [1.807, 2.05) is 0 Å². The zero-order valence-corrected chi connectivity index (χ0v) is 11.8. The Bertz CT molecular complexity index is 786. The second kappa shape index (κ2) is 4.71. The molecular weight excluding hydrogens is 328 g/mol. The summed E-state index contributed by atoms with van der Waals surface area (Å²) in [6.45, 7) is 0.168.